The van der Waals surface area contributed by atoms with E-state index in [1.807, 2.05) is 19.1 Å². The maximum atomic E-state index is 11.5. The third kappa shape index (κ3) is 4.31. The molecular formula is C12H18N2O2. The van der Waals surface area contributed by atoms with Crippen molar-refractivity contribution < 1.29 is 9.53 Å². The number of nitrogens with two attached hydrogens (primary N) is 1. The highest BCUT2D eigenvalue weighted by atomic mass is 16.5. The summed E-state index contributed by atoms with van der Waals surface area (Å²) in [6, 6.07) is 7.30. The molecule has 0 saturated heterocycles. The fraction of sp³-hybridized carbons (Fsp3) is 0.417. The summed E-state index contributed by atoms with van der Waals surface area (Å²) in [6.45, 7) is 2.44. The first-order chi connectivity index (χ1) is 7.61. The Bertz CT molecular complexity index is 335. The van der Waals surface area contributed by atoms with Crippen LogP contribution in [0, 0.1) is 0 Å². The van der Waals surface area contributed by atoms with Gasteiger partial charge in [0.2, 0.25) is 5.91 Å². The number of hydrogen-bond donors (Lipinski definition) is 2. The molecule has 1 unspecified atom stereocenters. The predicted octanol–water partition coefficient (Wildman–Crippen LogP) is 0.962. The van der Waals surface area contributed by atoms with E-state index < -0.39 is 0 Å². The molecule has 0 fully saturated rings. The maximum Gasteiger partial charge on any atom is 0.224 e. The van der Waals surface area contributed by atoms with Gasteiger partial charge in [-0.05, 0) is 24.6 Å². The molecule has 1 amide bonds. The Hall–Kier alpha value is -1.55. The summed E-state index contributed by atoms with van der Waals surface area (Å²) >= 11 is 0. The van der Waals surface area contributed by atoms with Gasteiger partial charge in [-0.25, -0.2) is 0 Å². The summed E-state index contributed by atoms with van der Waals surface area (Å²) < 4.78 is 5.04. The summed E-state index contributed by atoms with van der Waals surface area (Å²) in [5.41, 5.74) is 7.22. The molecule has 1 aromatic carbocycles. The highest BCUT2D eigenvalue weighted by Gasteiger charge is 2.05. The Kier molecular flexibility index (Phi) is 4.79. The van der Waals surface area contributed by atoms with E-state index in [9.17, 15) is 4.79 Å². The molecule has 0 aliphatic rings. The van der Waals surface area contributed by atoms with Crippen molar-refractivity contribution in [2.24, 2.45) is 0 Å². The number of carbonyl (C=O) groups is 1. The van der Waals surface area contributed by atoms with Crippen molar-refractivity contribution in [2.75, 3.05) is 19.4 Å². The Morgan fingerprint density at radius 2 is 2.06 bits per heavy atom. The first kappa shape index (κ1) is 12.5. The minimum absolute atomic E-state index is 0.00586. The van der Waals surface area contributed by atoms with Gasteiger partial charge in [0, 0.05) is 19.3 Å². The number of nitrogens with one attached hydrogen (secondary N) is 1. The summed E-state index contributed by atoms with van der Waals surface area (Å²) in [5.74, 6) is -0.00586. The van der Waals surface area contributed by atoms with Crippen molar-refractivity contribution in [3.05, 3.63) is 29.8 Å². The standard InChI is InChI=1S/C12H18N2O2/c1-9(16-2)8-14-12(15)7-10-3-5-11(13)6-4-10/h3-6,9H,7-8,13H2,1-2H3,(H,14,15). The molecule has 0 aliphatic carbocycles. The lowest BCUT2D eigenvalue weighted by Crippen LogP contribution is -2.32. The van der Waals surface area contributed by atoms with E-state index in [0.29, 0.717) is 18.7 Å². The summed E-state index contributed by atoms with van der Waals surface area (Å²) in [4.78, 5) is 11.5. The smallest absolute Gasteiger partial charge is 0.224 e. The highest BCUT2D eigenvalue weighted by Crippen LogP contribution is 2.05. The van der Waals surface area contributed by atoms with Gasteiger partial charge in [0.25, 0.3) is 0 Å². The molecule has 1 atom stereocenters. The highest BCUT2D eigenvalue weighted by molar-refractivity contribution is 5.78. The normalized spacial score (nSPS) is 12.1. The molecule has 4 nitrogen and oxygen atoms in total. The molecule has 4 heteroatoms. The minimum Gasteiger partial charge on any atom is -0.399 e. The quantitative estimate of drug-likeness (QED) is 0.729. The Labute approximate surface area is 95.8 Å². The number of benzene rings is 1. The molecular weight excluding hydrogens is 204 g/mol. The molecule has 0 saturated carbocycles. The number of nitrogen functional groups attached to an aromatic ring is 1. The van der Waals surface area contributed by atoms with Gasteiger partial charge in [0.15, 0.2) is 0 Å². The molecule has 88 valence electrons. The van der Waals surface area contributed by atoms with Crippen LogP contribution >= 0.6 is 0 Å². The SMILES string of the molecule is COC(C)CNC(=O)Cc1ccc(N)cc1. The average Bonchev–Trinajstić information content (AvgIpc) is 2.29. The first-order valence-electron chi connectivity index (χ1n) is 5.25. The molecule has 0 radical (unpaired) electrons. The van der Waals surface area contributed by atoms with Crippen molar-refractivity contribution in [2.45, 2.75) is 19.4 Å². The lowest BCUT2D eigenvalue weighted by Gasteiger charge is -2.10. The first-order valence-corrected chi connectivity index (χ1v) is 5.25. The summed E-state index contributed by atoms with van der Waals surface area (Å²) in [7, 11) is 1.62. The van der Waals surface area contributed by atoms with Gasteiger partial charge in [0.05, 0.1) is 12.5 Å². The number of amides is 1. The van der Waals surface area contributed by atoms with Crippen LogP contribution in [0.15, 0.2) is 24.3 Å². The number of methoxy groups -OCH3 is 1. The van der Waals surface area contributed by atoms with Gasteiger partial charge in [-0.3, -0.25) is 4.79 Å². The Morgan fingerprint density at radius 1 is 1.44 bits per heavy atom. The van der Waals surface area contributed by atoms with Crippen LogP contribution in [-0.4, -0.2) is 25.7 Å². The Balaban J connectivity index is 2.37. The molecule has 16 heavy (non-hydrogen) atoms. The zero-order valence-corrected chi connectivity index (χ0v) is 9.69. The molecule has 0 aliphatic heterocycles. The van der Waals surface area contributed by atoms with Crippen molar-refractivity contribution in [3.63, 3.8) is 0 Å². The van der Waals surface area contributed by atoms with Crippen LogP contribution in [0.2, 0.25) is 0 Å². The van der Waals surface area contributed by atoms with Crippen molar-refractivity contribution >= 4 is 11.6 Å². The van der Waals surface area contributed by atoms with Crippen molar-refractivity contribution in [3.8, 4) is 0 Å². The van der Waals surface area contributed by atoms with E-state index >= 15 is 0 Å². The van der Waals surface area contributed by atoms with Gasteiger partial charge in [-0.1, -0.05) is 12.1 Å². The van der Waals surface area contributed by atoms with Crippen LogP contribution in [0.5, 0.6) is 0 Å². The summed E-state index contributed by atoms with van der Waals surface area (Å²) in [6.07, 6.45) is 0.409. The second kappa shape index (κ2) is 6.12. The van der Waals surface area contributed by atoms with E-state index in [1.165, 1.54) is 0 Å². The second-order valence-corrected chi connectivity index (χ2v) is 3.77. The number of ether oxygens (including phenoxy) is 1. The molecule has 0 heterocycles. The van der Waals surface area contributed by atoms with Crippen LogP contribution < -0.4 is 11.1 Å². The fourth-order valence-corrected chi connectivity index (χ4v) is 1.22. The third-order valence-corrected chi connectivity index (χ3v) is 2.33. The minimum atomic E-state index is -0.00586. The van der Waals surface area contributed by atoms with Crippen LogP contribution in [0.25, 0.3) is 0 Å². The third-order valence-electron chi connectivity index (χ3n) is 2.33. The largest absolute Gasteiger partial charge is 0.399 e. The number of anilines is 1. The van der Waals surface area contributed by atoms with Crippen molar-refractivity contribution in [1.29, 1.82) is 0 Å². The predicted molar refractivity (Wildman–Crippen MR) is 64.0 cm³/mol. The molecule has 0 bridgehead atoms. The monoisotopic (exact) mass is 222 g/mol. The van der Waals surface area contributed by atoms with Crippen LogP contribution in [0.1, 0.15) is 12.5 Å². The Morgan fingerprint density at radius 3 is 2.62 bits per heavy atom. The van der Waals surface area contributed by atoms with E-state index in [2.05, 4.69) is 5.32 Å². The van der Waals surface area contributed by atoms with Crippen LogP contribution in [-0.2, 0) is 16.0 Å². The van der Waals surface area contributed by atoms with E-state index in [-0.39, 0.29) is 12.0 Å². The number of rotatable bonds is 5. The van der Waals surface area contributed by atoms with Gasteiger partial charge >= 0.3 is 0 Å². The van der Waals surface area contributed by atoms with Gasteiger partial charge in [-0.2, -0.15) is 0 Å². The number of carbonyl (C=O) groups excluding carboxylic acids is 1. The number of hydrogen-bond acceptors (Lipinski definition) is 3. The van der Waals surface area contributed by atoms with Crippen LogP contribution in [0.3, 0.4) is 0 Å². The lowest BCUT2D eigenvalue weighted by molar-refractivity contribution is -0.120. The maximum absolute atomic E-state index is 11.5. The lowest BCUT2D eigenvalue weighted by atomic mass is 10.1. The van der Waals surface area contributed by atoms with Gasteiger partial charge in [-0.15, -0.1) is 0 Å². The molecule has 1 aromatic rings. The van der Waals surface area contributed by atoms with E-state index in [0.717, 1.165) is 5.56 Å². The van der Waals surface area contributed by atoms with Crippen LogP contribution in [0.4, 0.5) is 5.69 Å². The fourth-order valence-electron chi connectivity index (χ4n) is 1.22. The summed E-state index contributed by atoms with van der Waals surface area (Å²) in [5, 5.41) is 2.80. The van der Waals surface area contributed by atoms with Crippen molar-refractivity contribution in [1.82, 2.24) is 5.32 Å². The van der Waals surface area contributed by atoms with Gasteiger partial charge in [0.1, 0.15) is 0 Å². The van der Waals surface area contributed by atoms with E-state index in [4.69, 9.17) is 10.5 Å². The molecule has 3 N–H and O–H groups in total. The zero-order chi connectivity index (χ0) is 12.0. The van der Waals surface area contributed by atoms with E-state index in [1.54, 1.807) is 19.2 Å². The second-order valence-electron chi connectivity index (χ2n) is 3.77. The molecule has 0 spiro atoms. The molecule has 1 rings (SSSR count). The van der Waals surface area contributed by atoms with Gasteiger partial charge < -0.3 is 15.8 Å². The average molecular weight is 222 g/mol. The molecule has 0 aromatic heterocycles. The zero-order valence-electron chi connectivity index (χ0n) is 9.69. The topological polar surface area (TPSA) is 64.3 Å².